The number of ether oxygens (including phenoxy) is 1. The molecule has 0 aromatic heterocycles. The summed E-state index contributed by atoms with van der Waals surface area (Å²) in [6.45, 7) is 7.39. The van der Waals surface area contributed by atoms with E-state index < -0.39 is 0 Å². The first-order valence-electron chi connectivity index (χ1n) is 6.91. The monoisotopic (exact) mass is 250 g/mol. The van der Waals surface area contributed by atoms with Crippen molar-refractivity contribution in [3.05, 3.63) is 35.6 Å². The van der Waals surface area contributed by atoms with Gasteiger partial charge in [0, 0.05) is 6.61 Å². The summed E-state index contributed by atoms with van der Waals surface area (Å²) in [5, 5.41) is 0. The van der Waals surface area contributed by atoms with Crippen LogP contribution in [0, 0.1) is 11.7 Å². The fraction of sp³-hybridized carbons (Fsp3) is 0.625. The maximum Gasteiger partial charge on any atom is 0.123 e. The van der Waals surface area contributed by atoms with E-state index in [0.717, 1.165) is 25.9 Å². The third-order valence-corrected chi connectivity index (χ3v) is 4.04. The van der Waals surface area contributed by atoms with Crippen molar-refractivity contribution in [1.82, 2.24) is 0 Å². The summed E-state index contributed by atoms with van der Waals surface area (Å²) in [6.07, 6.45) is 3.30. The second-order valence-corrected chi connectivity index (χ2v) is 5.93. The van der Waals surface area contributed by atoms with Crippen LogP contribution in [0.4, 0.5) is 4.39 Å². The Morgan fingerprint density at radius 2 is 2.00 bits per heavy atom. The fourth-order valence-corrected chi connectivity index (χ4v) is 3.17. The van der Waals surface area contributed by atoms with Gasteiger partial charge in [0.25, 0.3) is 0 Å². The molecule has 0 amide bonds. The normalized spacial score (nSPS) is 24.8. The van der Waals surface area contributed by atoms with Crippen LogP contribution in [0.2, 0.25) is 0 Å². The second kappa shape index (κ2) is 5.40. The molecule has 1 saturated heterocycles. The highest BCUT2D eigenvalue weighted by Gasteiger charge is 2.33. The first kappa shape index (κ1) is 13.5. The largest absolute Gasteiger partial charge is 0.376 e. The minimum atomic E-state index is -0.152. The van der Waals surface area contributed by atoms with Gasteiger partial charge in [-0.2, -0.15) is 0 Å². The van der Waals surface area contributed by atoms with Crippen LogP contribution in [0.5, 0.6) is 0 Å². The van der Waals surface area contributed by atoms with Crippen LogP contribution in [0.15, 0.2) is 24.3 Å². The SMILES string of the molecule is CCC(c1ccc(F)cc1)C1CCOC(C)(C)C1. The predicted molar refractivity (Wildman–Crippen MR) is 72.2 cm³/mol. The summed E-state index contributed by atoms with van der Waals surface area (Å²) >= 11 is 0. The van der Waals surface area contributed by atoms with Gasteiger partial charge in [-0.1, -0.05) is 19.1 Å². The first-order valence-corrected chi connectivity index (χ1v) is 6.91. The zero-order valence-electron chi connectivity index (χ0n) is 11.6. The minimum Gasteiger partial charge on any atom is -0.376 e. The van der Waals surface area contributed by atoms with Crippen molar-refractivity contribution in [1.29, 1.82) is 0 Å². The molecule has 1 nitrogen and oxygen atoms in total. The highest BCUT2D eigenvalue weighted by Crippen LogP contribution is 2.39. The lowest BCUT2D eigenvalue weighted by atomic mass is 9.75. The summed E-state index contributed by atoms with van der Waals surface area (Å²) in [7, 11) is 0. The van der Waals surface area contributed by atoms with Crippen molar-refractivity contribution in [3.63, 3.8) is 0 Å². The van der Waals surface area contributed by atoms with E-state index >= 15 is 0 Å². The molecule has 0 bridgehead atoms. The van der Waals surface area contributed by atoms with E-state index in [9.17, 15) is 4.39 Å². The van der Waals surface area contributed by atoms with Gasteiger partial charge in [-0.3, -0.25) is 0 Å². The molecule has 2 atom stereocenters. The predicted octanol–water partition coefficient (Wildman–Crippen LogP) is 4.52. The minimum absolute atomic E-state index is 0.0175. The van der Waals surface area contributed by atoms with Crippen LogP contribution in [0.25, 0.3) is 0 Å². The van der Waals surface area contributed by atoms with E-state index in [1.165, 1.54) is 5.56 Å². The fourth-order valence-electron chi connectivity index (χ4n) is 3.17. The second-order valence-electron chi connectivity index (χ2n) is 5.93. The van der Waals surface area contributed by atoms with Gasteiger partial charge < -0.3 is 4.74 Å². The van der Waals surface area contributed by atoms with E-state index in [0.29, 0.717) is 11.8 Å². The van der Waals surface area contributed by atoms with Crippen LogP contribution in [-0.4, -0.2) is 12.2 Å². The molecule has 1 aliphatic rings. The number of benzene rings is 1. The van der Waals surface area contributed by atoms with Crippen molar-refractivity contribution in [2.45, 2.75) is 51.6 Å². The molecule has 1 aromatic rings. The van der Waals surface area contributed by atoms with E-state index in [-0.39, 0.29) is 11.4 Å². The molecule has 0 aliphatic carbocycles. The van der Waals surface area contributed by atoms with Crippen molar-refractivity contribution < 1.29 is 9.13 Å². The lowest BCUT2D eigenvalue weighted by Crippen LogP contribution is -2.36. The summed E-state index contributed by atoms with van der Waals surface area (Å²) in [5.74, 6) is 1.01. The molecule has 2 heteroatoms. The molecule has 1 aliphatic heterocycles. The average molecular weight is 250 g/mol. The quantitative estimate of drug-likeness (QED) is 0.766. The standard InChI is InChI=1S/C16H23FO/c1-4-15(12-5-7-14(17)8-6-12)13-9-10-18-16(2,3)11-13/h5-8,13,15H,4,9-11H2,1-3H3. The molecule has 18 heavy (non-hydrogen) atoms. The molecule has 2 unspecified atom stereocenters. The van der Waals surface area contributed by atoms with Gasteiger partial charge in [0.15, 0.2) is 0 Å². The molecular weight excluding hydrogens is 227 g/mol. The zero-order chi connectivity index (χ0) is 13.2. The Hall–Kier alpha value is -0.890. The smallest absolute Gasteiger partial charge is 0.123 e. The number of hydrogen-bond donors (Lipinski definition) is 0. The third kappa shape index (κ3) is 3.11. The van der Waals surface area contributed by atoms with Gasteiger partial charge >= 0.3 is 0 Å². The van der Waals surface area contributed by atoms with E-state index in [2.05, 4.69) is 20.8 Å². The van der Waals surface area contributed by atoms with Gasteiger partial charge in [0.05, 0.1) is 5.60 Å². The molecule has 2 rings (SSSR count). The molecule has 1 fully saturated rings. The first-order chi connectivity index (χ1) is 8.52. The average Bonchev–Trinajstić information content (AvgIpc) is 2.31. The van der Waals surface area contributed by atoms with E-state index in [4.69, 9.17) is 4.74 Å². The molecule has 1 heterocycles. The van der Waals surface area contributed by atoms with Crippen molar-refractivity contribution in [3.8, 4) is 0 Å². The molecule has 1 aromatic carbocycles. The zero-order valence-corrected chi connectivity index (χ0v) is 11.6. The van der Waals surface area contributed by atoms with Crippen LogP contribution in [0.3, 0.4) is 0 Å². The maximum atomic E-state index is 13.0. The summed E-state index contributed by atoms with van der Waals surface area (Å²) in [5.41, 5.74) is 1.25. The number of hydrogen-bond acceptors (Lipinski definition) is 1. The maximum absolute atomic E-state index is 13.0. The van der Waals surface area contributed by atoms with Crippen LogP contribution >= 0.6 is 0 Å². The third-order valence-electron chi connectivity index (χ3n) is 4.04. The molecule has 0 spiro atoms. The number of rotatable bonds is 3. The van der Waals surface area contributed by atoms with E-state index in [1.807, 2.05) is 12.1 Å². The molecule has 0 N–H and O–H groups in total. The summed E-state index contributed by atoms with van der Waals surface area (Å²) in [6, 6.07) is 7.02. The molecular formula is C16H23FO. The lowest BCUT2D eigenvalue weighted by Gasteiger charge is -2.39. The van der Waals surface area contributed by atoms with Gasteiger partial charge in [-0.05, 0) is 62.6 Å². The Labute approximate surface area is 109 Å². The Bertz CT molecular complexity index is 383. The Balaban J connectivity index is 2.15. The Morgan fingerprint density at radius 3 is 2.56 bits per heavy atom. The highest BCUT2D eigenvalue weighted by atomic mass is 19.1. The van der Waals surface area contributed by atoms with Crippen LogP contribution < -0.4 is 0 Å². The topological polar surface area (TPSA) is 9.23 Å². The summed E-state index contributed by atoms with van der Waals surface area (Å²) < 4.78 is 18.8. The molecule has 0 radical (unpaired) electrons. The van der Waals surface area contributed by atoms with Gasteiger partial charge in [0.2, 0.25) is 0 Å². The van der Waals surface area contributed by atoms with Crippen molar-refractivity contribution >= 4 is 0 Å². The van der Waals surface area contributed by atoms with Gasteiger partial charge in [-0.15, -0.1) is 0 Å². The lowest BCUT2D eigenvalue weighted by molar-refractivity contribution is -0.0770. The Kier molecular flexibility index (Phi) is 4.06. The molecule has 0 saturated carbocycles. The van der Waals surface area contributed by atoms with Crippen LogP contribution in [-0.2, 0) is 4.74 Å². The van der Waals surface area contributed by atoms with Crippen molar-refractivity contribution in [2.24, 2.45) is 5.92 Å². The number of halogens is 1. The van der Waals surface area contributed by atoms with Gasteiger partial charge in [0.1, 0.15) is 5.82 Å². The summed E-state index contributed by atoms with van der Waals surface area (Å²) in [4.78, 5) is 0. The Morgan fingerprint density at radius 1 is 1.33 bits per heavy atom. The van der Waals surface area contributed by atoms with E-state index in [1.54, 1.807) is 12.1 Å². The highest BCUT2D eigenvalue weighted by molar-refractivity contribution is 5.21. The van der Waals surface area contributed by atoms with Crippen LogP contribution in [0.1, 0.15) is 51.5 Å². The van der Waals surface area contributed by atoms with Gasteiger partial charge in [-0.25, -0.2) is 4.39 Å². The molecule has 100 valence electrons. The van der Waals surface area contributed by atoms with Crippen molar-refractivity contribution in [2.75, 3.05) is 6.61 Å².